The SMILES string of the molecule is CCCCCCCCCCCCC(O)CC(O)C(O)C(N)CO. The Labute approximate surface area is 141 Å². The van der Waals surface area contributed by atoms with Crippen LogP contribution in [-0.2, 0) is 0 Å². The van der Waals surface area contributed by atoms with E-state index in [1.165, 1.54) is 51.4 Å². The highest BCUT2D eigenvalue weighted by Crippen LogP contribution is 2.14. The summed E-state index contributed by atoms with van der Waals surface area (Å²) in [6.07, 6.45) is 10.3. The lowest BCUT2D eigenvalue weighted by molar-refractivity contribution is -0.0326. The van der Waals surface area contributed by atoms with Crippen LogP contribution in [0, 0.1) is 0 Å². The minimum Gasteiger partial charge on any atom is -0.395 e. The number of hydrogen-bond acceptors (Lipinski definition) is 5. The van der Waals surface area contributed by atoms with Crippen molar-refractivity contribution in [2.24, 2.45) is 5.73 Å². The van der Waals surface area contributed by atoms with Gasteiger partial charge in [-0.3, -0.25) is 0 Å². The predicted octanol–water partition coefficient (Wildman–Crippen LogP) is 2.09. The molecule has 4 atom stereocenters. The summed E-state index contributed by atoms with van der Waals surface area (Å²) in [5.74, 6) is 0. The number of aliphatic hydroxyl groups excluding tert-OH is 4. The van der Waals surface area contributed by atoms with Gasteiger partial charge >= 0.3 is 0 Å². The van der Waals surface area contributed by atoms with Crippen molar-refractivity contribution in [3.05, 3.63) is 0 Å². The van der Waals surface area contributed by atoms with E-state index in [1.54, 1.807) is 0 Å². The molecule has 0 aliphatic carbocycles. The van der Waals surface area contributed by atoms with E-state index in [-0.39, 0.29) is 13.0 Å². The van der Waals surface area contributed by atoms with Gasteiger partial charge in [-0.15, -0.1) is 0 Å². The molecular weight excluding hydrogens is 294 g/mol. The molecule has 6 N–H and O–H groups in total. The van der Waals surface area contributed by atoms with Crippen molar-refractivity contribution in [1.82, 2.24) is 0 Å². The number of aliphatic hydroxyl groups is 4. The van der Waals surface area contributed by atoms with Gasteiger partial charge in [0.1, 0.15) is 0 Å². The third-order valence-corrected chi connectivity index (χ3v) is 4.45. The second-order valence-corrected chi connectivity index (χ2v) is 6.76. The molecule has 0 fully saturated rings. The van der Waals surface area contributed by atoms with E-state index < -0.39 is 24.4 Å². The van der Waals surface area contributed by atoms with Gasteiger partial charge in [0.15, 0.2) is 0 Å². The fourth-order valence-corrected chi connectivity index (χ4v) is 2.80. The van der Waals surface area contributed by atoms with E-state index in [9.17, 15) is 15.3 Å². The van der Waals surface area contributed by atoms with E-state index in [1.807, 2.05) is 0 Å². The lowest BCUT2D eigenvalue weighted by atomic mass is 9.98. The molecule has 0 aliphatic heterocycles. The molecule has 140 valence electrons. The maximum absolute atomic E-state index is 9.87. The Morgan fingerprint density at radius 3 is 1.74 bits per heavy atom. The minimum atomic E-state index is -1.19. The van der Waals surface area contributed by atoms with Crippen LogP contribution in [-0.4, -0.2) is 51.4 Å². The Balaban J connectivity index is 3.47. The normalized spacial score (nSPS) is 17.0. The summed E-state index contributed by atoms with van der Waals surface area (Å²) in [6, 6.07) is -0.866. The highest BCUT2D eigenvalue weighted by Gasteiger charge is 2.24. The molecule has 0 aromatic heterocycles. The molecule has 4 unspecified atom stereocenters. The average molecular weight is 334 g/mol. The summed E-state index contributed by atoms with van der Waals surface area (Å²) >= 11 is 0. The first-order valence-electron chi connectivity index (χ1n) is 9.43. The first-order chi connectivity index (χ1) is 11.0. The second-order valence-electron chi connectivity index (χ2n) is 6.76. The summed E-state index contributed by atoms with van der Waals surface area (Å²) in [4.78, 5) is 0. The topological polar surface area (TPSA) is 107 Å². The summed E-state index contributed by atoms with van der Waals surface area (Å²) in [7, 11) is 0. The molecule has 0 aliphatic rings. The van der Waals surface area contributed by atoms with Crippen LogP contribution >= 0.6 is 0 Å². The Bertz CT molecular complexity index is 253. The van der Waals surface area contributed by atoms with Gasteiger partial charge in [0.05, 0.1) is 31.0 Å². The molecular formula is C18H39NO4. The molecule has 0 saturated heterocycles. The quantitative estimate of drug-likeness (QED) is 0.278. The zero-order valence-electron chi connectivity index (χ0n) is 14.9. The maximum Gasteiger partial charge on any atom is 0.0972 e. The molecule has 0 aromatic rings. The third kappa shape index (κ3) is 12.8. The van der Waals surface area contributed by atoms with E-state index in [0.29, 0.717) is 6.42 Å². The van der Waals surface area contributed by atoms with Gasteiger partial charge in [0, 0.05) is 6.42 Å². The highest BCUT2D eigenvalue weighted by molar-refractivity contribution is 4.79. The van der Waals surface area contributed by atoms with Gasteiger partial charge in [-0.05, 0) is 6.42 Å². The number of hydrogen-bond donors (Lipinski definition) is 5. The van der Waals surface area contributed by atoms with Crippen molar-refractivity contribution < 1.29 is 20.4 Å². The highest BCUT2D eigenvalue weighted by atomic mass is 16.3. The van der Waals surface area contributed by atoms with Gasteiger partial charge in [-0.2, -0.15) is 0 Å². The van der Waals surface area contributed by atoms with Crippen LogP contribution in [0.15, 0.2) is 0 Å². The van der Waals surface area contributed by atoms with Crippen LogP contribution in [0.25, 0.3) is 0 Å². The number of nitrogens with two attached hydrogens (primary N) is 1. The molecule has 0 amide bonds. The monoisotopic (exact) mass is 333 g/mol. The fraction of sp³-hybridized carbons (Fsp3) is 1.00. The maximum atomic E-state index is 9.87. The van der Waals surface area contributed by atoms with E-state index in [4.69, 9.17) is 10.8 Å². The number of unbranched alkanes of at least 4 members (excludes halogenated alkanes) is 9. The standard InChI is InChI=1S/C18H39NO4/c1-2-3-4-5-6-7-8-9-10-11-12-15(21)13-17(22)18(23)16(19)14-20/h15-18,20-23H,2-14,19H2,1H3. The summed E-state index contributed by atoms with van der Waals surface area (Å²) < 4.78 is 0. The van der Waals surface area contributed by atoms with Crippen LogP contribution in [0.4, 0.5) is 0 Å². The average Bonchev–Trinajstić information content (AvgIpc) is 2.54. The summed E-state index contributed by atoms with van der Waals surface area (Å²) in [5, 5.41) is 38.1. The number of rotatable bonds is 16. The first kappa shape index (κ1) is 22.8. The van der Waals surface area contributed by atoms with Crippen molar-refractivity contribution in [2.45, 2.75) is 108 Å². The summed E-state index contributed by atoms with van der Waals surface area (Å²) in [5.41, 5.74) is 5.46. The van der Waals surface area contributed by atoms with Gasteiger partial charge in [-0.1, -0.05) is 71.1 Å². The van der Waals surface area contributed by atoms with Crippen LogP contribution in [0.1, 0.15) is 84.0 Å². The zero-order chi connectivity index (χ0) is 17.5. The molecule has 0 aromatic carbocycles. The fourth-order valence-electron chi connectivity index (χ4n) is 2.80. The Kier molecular flexibility index (Phi) is 15.2. The van der Waals surface area contributed by atoms with Crippen molar-refractivity contribution in [3.8, 4) is 0 Å². The van der Waals surface area contributed by atoms with E-state index >= 15 is 0 Å². The largest absolute Gasteiger partial charge is 0.395 e. The van der Waals surface area contributed by atoms with Gasteiger partial charge in [0.2, 0.25) is 0 Å². The molecule has 0 radical (unpaired) electrons. The van der Waals surface area contributed by atoms with E-state index in [2.05, 4.69) is 6.92 Å². The lowest BCUT2D eigenvalue weighted by Gasteiger charge is -2.24. The van der Waals surface area contributed by atoms with E-state index in [0.717, 1.165) is 12.8 Å². The Hall–Kier alpha value is -0.200. The molecule has 0 saturated carbocycles. The van der Waals surface area contributed by atoms with Gasteiger partial charge < -0.3 is 26.2 Å². The van der Waals surface area contributed by atoms with Crippen LogP contribution in [0.5, 0.6) is 0 Å². The Morgan fingerprint density at radius 2 is 1.26 bits per heavy atom. The van der Waals surface area contributed by atoms with Crippen LogP contribution < -0.4 is 5.73 Å². The molecule has 0 heterocycles. The smallest absolute Gasteiger partial charge is 0.0972 e. The molecule has 0 spiro atoms. The van der Waals surface area contributed by atoms with Crippen molar-refractivity contribution in [1.29, 1.82) is 0 Å². The molecule has 0 rings (SSSR count). The van der Waals surface area contributed by atoms with Crippen LogP contribution in [0.2, 0.25) is 0 Å². The third-order valence-electron chi connectivity index (χ3n) is 4.45. The molecule has 5 nitrogen and oxygen atoms in total. The Morgan fingerprint density at radius 1 is 0.783 bits per heavy atom. The lowest BCUT2D eigenvalue weighted by Crippen LogP contribution is -2.46. The second kappa shape index (κ2) is 15.3. The molecule has 23 heavy (non-hydrogen) atoms. The van der Waals surface area contributed by atoms with Crippen molar-refractivity contribution in [2.75, 3.05) is 6.61 Å². The minimum absolute atomic E-state index is 0.103. The summed E-state index contributed by atoms with van der Waals surface area (Å²) in [6.45, 7) is 1.85. The zero-order valence-corrected chi connectivity index (χ0v) is 14.9. The van der Waals surface area contributed by atoms with Gasteiger partial charge in [0.25, 0.3) is 0 Å². The molecule has 5 heteroatoms. The van der Waals surface area contributed by atoms with Crippen molar-refractivity contribution in [3.63, 3.8) is 0 Å². The van der Waals surface area contributed by atoms with Crippen LogP contribution in [0.3, 0.4) is 0 Å². The predicted molar refractivity (Wildman–Crippen MR) is 94.2 cm³/mol. The van der Waals surface area contributed by atoms with Crippen molar-refractivity contribution >= 4 is 0 Å². The first-order valence-corrected chi connectivity index (χ1v) is 9.43. The van der Waals surface area contributed by atoms with Gasteiger partial charge in [-0.25, -0.2) is 0 Å². The molecule has 0 bridgehead atoms.